The quantitative estimate of drug-likeness (QED) is 0.124. The predicted molar refractivity (Wildman–Crippen MR) is 368 cm³/mol. The van der Waals surface area contributed by atoms with Crippen molar-refractivity contribution in [3.63, 3.8) is 0 Å². The first-order valence-corrected chi connectivity index (χ1v) is 30.1. The van der Waals surface area contributed by atoms with Crippen molar-refractivity contribution in [2.24, 2.45) is 0 Å². The van der Waals surface area contributed by atoms with E-state index in [-0.39, 0.29) is 0 Å². The Kier molecular flexibility index (Phi) is 14.3. The van der Waals surface area contributed by atoms with E-state index in [1.807, 2.05) is 133 Å². The van der Waals surface area contributed by atoms with Crippen molar-refractivity contribution in [1.82, 2.24) is 29.1 Å². The molecule has 0 bridgehead atoms. The highest BCUT2D eigenvalue weighted by atomic mass is 15.0. The van der Waals surface area contributed by atoms with Gasteiger partial charge in [0.15, 0.2) is 17.5 Å². The molecule has 0 unspecified atom stereocenters. The van der Waals surface area contributed by atoms with Crippen LogP contribution in [-0.4, -0.2) is 29.1 Å². The van der Waals surface area contributed by atoms with Crippen molar-refractivity contribution in [3.8, 4) is 150 Å². The summed E-state index contributed by atoms with van der Waals surface area (Å²) in [6.07, 6.45) is 1.76. The molecule has 0 saturated heterocycles. The summed E-state index contributed by atoms with van der Waals surface area (Å²) in [5.74, 6) is 1.34. The minimum absolute atomic E-state index is 0.337. The smallest absolute Gasteiger partial charge is 0.164 e. The van der Waals surface area contributed by atoms with Gasteiger partial charge in [-0.25, -0.2) is 15.0 Å². The standard InChI is InChI=1S/C82H40N14/c83-41-49-24-50(42-84)29-64(28-49)59-13-18-73-68(36-59)69-37-60(65-30-51(43-85)25-52(31-65)44-86)14-19-74(69)95(73)77-22-17-63(82-93-80(57-8-3-1-4-9-57)92-81(94-82)58-10-5-2-6-11-58)40-72(77)79-78(12-7-23-91-79)96-75-20-15-61(66-32-53(45-87)26-54(33-66)46-88)38-70(75)71-39-62(16-21-76(71)96)67-34-55(47-89)27-56(35-67)48-90/h1-40H. The van der Waals surface area contributed by atoms with Gasteiger partial charge in [-0.15, -0.1) is 0 Å². The molecule has 438 valence electrons. The zero-order chi connectivity index (χ0) is 65.6. The van der Waals surface area contributed by atoms with Crippen LogP contribution in [0.15, 0.2) is 243 Å². The molecule has 0 aliphatic rings. The van der Waals surface area contributed by atoms with Crippen molar-refractivity contribution in [2.75, 3.05) is 0 Å². The van der Waals surface area contributed by atoms with Crippen molar-refractivity contribution in [1.29, 1.82) is 42.1 Å². The highest BCUT2D eigenvalue weighted by Crippen LogP contribution is 2.45. The molecule has 0 spiro atoms. The molecule has 14 heteroatoms. The van der Waals surface area contributed by atoms with Gasteiger partial charge in [-0.2, -0.15) is 42.1 Å². The second kappa shape index (κ2) is 23.8. The normalized spacial score (nSPS) is 10.8. The summed E-state index contributed by atoms with van der Waals surface area (Å²) >= 11 is 0. The van der Waals surface area contributed by atoms with E-state index in [4.69, 9.17) is 19.9 Å². The van der Waals surface area contributed by atoms with E-state index in [1.54, 1.807) is 79.0 Å². The van der Waals surface area contributed by atoms with E-state index in [0.29, 0.717) is 112 Å². The molecule has 0 radical (unpaired) electrons. The van der Waals surface area contributed by atoms with Crippen LogP contribution in [0, 0.1) is 90.6 Å². The highest BCUT2D eigenvalue weighted by Gasteiger charge is 2.25. The summed E-state index contributed by atoms with van der Waals surface area (Å²) < 4.78 is 4.35. The lowest BCUT2D eigenvalue weighted by Crippen LogP contribution is -2.04. The van der Waals surface area contributed by atoms with Crippen LogP contribution < -0.4 is 0 Å². The molecule has 4 aromatic heterocycles. The molecule has 0 atom stereocenters. The molecule has 0 N–H and O–H groups in total. The Hall–Kier alpha value is -14.9. The Morgan fingerprint density at radius 3 is 0.865 bits per heavy atom. The monoisotopic (exact) mass is 1220 g/mol. The molecule has 14 nitrogen and oxygen atoms in total. The number of aromatic nitrogens is 6. The summed E-state index contributed by atoms with van der Waals surface area (Å²) in [7, 11) is 0. The molecule has 96 heavy (non-hydrogen) atoms. The van der Waals surface area contributed by atoms with E-state index in [1.165, 1.54) is 0 Å². The Labute approximate surface area is 549 Å². The molecule has 4 heterocycles. The maximum atomic E-state index is 10.1. The van der Waals surface area contributed by atoms with Crippen molar-refractivity contribution >= 4 is 43.6 Å². The van der Waals surface area contributed by atoms with Gasteiger partial charge < -0.3 is 9.13 Å². The number of nitriles is 8. The molecule has 0 amide bonds. The van der Waals surface area contributed by atoms with Gasteiger partial charge in [-0.05, 0) is 196 Å². The second-order valence-corrected chi connectivity index (χ2v) is 22.8. The van der Waals surface area contributed by atoms with Gasteiger partial charge in [0.2, 0.25) is 0 Å². The Morgan fingerprint density at radius 1 is 0.240 bits per heavy atom. The van der Waals surface area contributed by atoms with Gasteiger partial charge in [0.1, 0.15) is 0 Å². The largest absolute Gasteiger partial charge is 0.309 e. The molecule has 0 saturated carbocycles. The summed E-state index contributed by atoms with van der Waals surface area (Å²) in [5.41, 5.74) is 16.4. The van der Waals surface area contributed by atoms with E-state index in [9.17, 15) is 42.1 Å². The van der Waals surface area contributed by atoms with Crippen LogP contribution in [-0.2, 0) is 0 Å². The third-order valence-electron chi connectivity index (χ3n) is 17.1. The number of benzene rings is 11. The van der Waals surface area contributed by atoms with Crippen LogP contribution in [0.3, 0.4) is 0 Å². The van der Waals surface area contributed by atoms with Crippen molar-refractivity contribution in [3.05, 3.63) is 287 Å². The first-order valence-electron chi connectivity index (χ1n) is 30.1. The highest BCUT2D eigenvalue weighted by molar-refractivity contribution is 6.14. The lowest BCUT2D eigenvalue weighted by atomic mass is 9.97. The van der Waals surface area contributed by atoms with E-state index in [0.717, 1.165) is 77.0 Å². The molecule has 0 aliphatic carbocycles. The Bertz CT molecular complexity index is 5750. The van der Waals surface area contributed by atoms with Gasteiger partial charge in [-0.1, -0.05) is 84.9 Å². The van der Waals surface area contributed by atoms with Gasteiger partial charge >= 0.3 is 0 Å². The van der Waals surface area contributed by atoms with Crippen LogP contribution in [0.25, 0.3) is 145 Å². The maximum absolute atomic E-state index is 10.1. The minimum atomic E-state index is 0.337. The van der Waals surface area contributed by atoms with Gasteiger partial charge in [0.25, 0.3) is 0 Å². The first kappa shape index (κ1) is 57.5. The molecule has 15 aromatic rings. The van der Waals surface area contributed by atoms with E-state index >= 15 is 0 Å². The number of hydrogen-bond acceptors (Lipinski definition) is 12. The van der Waals surface area contributed by atoms with Crippen LogP contribution >= 0.6 is 0 Å². The average Bonchev–Trinajstić information content (AvgIpc) is 1.57. The van der Waals surface area contributed by atoms with Gasteiger partial charge in [-0.3, -0.25) is 4.98 Å². The SMILES string of the molecule is N#Cc1cc(C#N)cc(-c2ccc3c(c2)c2cc(-c4cc(C#N)cc(C#N)c4)ccc2n3-c2ccc(-c3nc(-c4ccccc4)nc(-c4ccccc4)n3)cc2-c2ncccc2-n2c3ccc(-c4cc(C#N)cc(C#N)c4)cc3c3cc(-c4cc(C#N)cc(C#N)c4)ccc32)c1. The molecular formula is C82H40N14. The third kappa shape index (κ3) is 10.2. The van der Waals surface area contributed by atoms with Gasteiger partial charge in [0, 0.05) is 50.0 Å². The summed E-state index contributed by atoms with van der Waals surface area (Å²) in [6.45, 7) is 0. The van der Waals surface area contributed by atoms with E-state index < -0.39 is 0 Å². The fourth-order valence-electron chi connectivity index (χ4n) is 12.8. The number of nitrogens with zero attached hydrogens (tertiary/aromatic N) is 14. The predicted octanol–water partition coefficient (Wildman–Crippen LogP) is 17.8. The topological polar surface area (TPSA) is 252 Å². The molecule has 0 aliphatic heterocycles. The molecule has 11 aromatic carbocycles. The fourth-order valence-corrected chi connectivity index (χ4v) is 12.8. The zero-order valence-electron chi connectivity index (χ0n) is 50.4. The van der Waals surface area contributed by atoms with Crippen LogP contribution in [0.2, 0.25) is 0 Å². The number of rotatable bonds is 10. The second-order valence-electron chi connectivity index (χ2n) is 22.8. The first-order chi connectivity index (χ1) is 47.1. The number of fused-ring (bicyclic) bond motifs is 6. The van der Waals surface area contributed by atoms with Gasteiger partial charge in [0.05, 0.1) is 132 Å². The lowest BCUT2D eigenvalue weighted by molar-refractivity contribution is 1.07. The third-order valence-corrected chi connectivity index (χ3v) is 17.1. The lowest BCUT2D eigenvalue weighted by Gasteiger charge is -2.19. The number of hydrogen-bond donors (Lipinski definition) is 0. The summed E-state index contributed by atoms with van der Waals surface area (Å²) in [5, 5.41) is 84.2. The summed E-state index contributed by atoms with van der Waals surface area (Å²) in [4.78, 5) is 20.8. The Balaban J connectivity index is 1.03. The van der Waals surface area contributed by atoms with Crippen LogP contribution in [0.4, 0.5) is 0 Å². The maximum Gasteiger partial charge on any atom is 0.164 e. The molecule has 0 fully saturated rings. The molecule has 15 rings (SSSR count). The van der Waals surface area contributed by atoms with Crippen LogP contribution in [0.5, 0.6) is 0 Å². The van der Waals surface area contributed by atoms with E-state index in [2.05, 4.69) is 88.0 Å². The minimum Gasteiger partial charge on any atom is -0.309 e. The molecular weight excluding hydrogens is 1180 g/mol. The van der Waals surface area contributed by atoms with Crippen LogP contribution in [0.1, 0.15) is 44.5 Å². The Morgan fingerprint density at radius 2 is 0.542 bits per heavy atom. The summed E-state index contributed by atoms with van der Waals surface area (Å²) in [6, 6.07) is 91.8. The van der Waals surface area contributed by atoms with Crippen molar-refractivity contribution in [2.45, 2.75) is 0 Å². The fraction of sp³-hybridized carbons (Fsp3) is 0. The average molecular weight is 1220 g/mol. The number of pyridine rings is 1. The van der Waals surface area contributed by atoms with Crippen molar-refractivity contribution < 1.29 is 0 Å². The zero-order valence-corrected chi connectivity index (χ0v) is 50.4.